The number of hydrogen-bond donors (Lipinski definition) is 1. The van der Waals surface area contributed by atoms with Crippen molar-refractivity contribution in [1.29, 1.82) is 0 Å². The van der Waals surface area contributed by atoms with Crippen molar-refractivity contribution >= 4 is 21.4 Å². The van der Waals surface area contributed by atoms with Gasteiger partial charge in [0.25, 0.3) is 0 Å². The van der Waals surface area contributed by atoms with Gasteiger partial charge >= 0.3 is 0 Å². The van der Waals surface area contributed by atoms with Crippen LogP contribution in [-0.2, 0) is 20.0 Å². The number of sulfone groups is 1. The van der Waals surface area contributed by atoms with Crippen molar-refractivity contribution in [3.05, 3.63) is 29.8 Å². The molecule has 0 spiro atoms. The highest BCUT2D eigenvalue weighted by Crippen LogP contribution is 2.23. The molecule has 0 fully saturated rings. The minimum atomic E-state index is -3.53. The maximum Gasteiger partial charge on any atom is 0.239 e. The third-order valence-electron chi connectivity index (χ3n) is 2.69. The summed E-state index contributed by atoms with van der Waals surface area (Å²) in [7, 11) is -3.53. The van der Waals surface area contributed by atoms with Crippen LogP contribution in [0, 0.1) is 12.3 Å². The molecular formula is C15H19NO3S. The highest BCUT2D eigenvalue weighted by molar-refractivity contribution is 7.92. The molecule has 5 heteroatoms. The van der Waals surface area contributed by atoms with Crippen LogP contribution in [0.25, 0.3) is 0 Å². The van der Waals surface area contributed by atoms with Crippen molar-refractivity contribution in [2.45, 2.75) is 26.2 Å². The van der Waals surface area contributed by atoms with Crippen LogP contribution in [0.4, 0.5) is 5.69 Å². The Labute approximate surface area is 120 Å². The second-order valence-corrected chi connectivity index (χ2v) is 7.68. The van der Waals surface area contributed by atoms with Gasteiger partial charge in [-0.15, -0.1) is 6.42 Å². The molecule has 0 heterocycles. The summed E-state index contributed by atoms with van der Waals surface area (Å²) >= 11 is 0. The Balaban J connectivity index is 2.71. The number of hydrogen-bond acceptors (Lipinski definition) is 3. The van der Waals surface area contributed by atoms with Crippen molar-refractivity contribution < 1.29 is 13.2 Å². The summed E-state index contributed by atoms with van der Waals surface area (Å²) in [6.45, 7) is 6.27. The van der Waals surface area contributed by atoms with Crippen molar-refractivity contribution in [2.24, 2.45) is 0 Å². The number of rotatable bonds is 4. The average Bonchev–Trinajstić information content (AvgIpc) is 2.27. The van der Waals surface area contributed by atoms with Gasteiger partial charge in [-0.1, -0.05) is 38.8 Å². The van der Waals surface area contributed by atoms with Crippen LogP contribution in [0.3, 0.4) is 0 Å². The second-order valence-electron chi connectivity index (χ2n) is 5.61. The Morgan fingerprint density at radius 3 is 2.25 bits per heavy atom. The monoisotopic (exact) mass is 293 g/mol. The summed E-state index contributed by atoms with van der Waals surface area (Å²) < 4.78 is 22.8. The second kappa shape index (κ2) is 6.10. The first-order chi connectivity index (χ1) is 9.14. The molecule has 0 atom stereocenters. The van der Waals surface area contributed by atoms with E-state index in [4.69, 9.17) is 6.42 Å². The van der Waals surface area contributed by atoms with E-state index >= 15 is 0 Å². The Hall–Kier alpha value is -1.80. The SMILES string of the molecule is C#CCS(=O)(=O)CC(=O)Nc1ccc(C(C)(C)C)cc1. The van der Waals surface area contributed by atoms with Crippen LogP contribution in [0.2, 0.25) is 0 Å². The van der Waals surface area contributed by atoms with Gasteiger partial charge in [-0.05, 0) is 23.1 Å². The first-order valence-corrected chi connectivity index (χ1v) is 8.00. The highest BCUT2D eigenvalue weighted by Gasteiger charge is 2.16. The Bertz CT molecular complexity index is 617. The topological polar surface area (TPSA) is 63.2 Å². The lowest BCUT2D eigenvalue weighted by Crippen LogP contribution is -2.24. The Morgan fingerprint density at radius 1 is 1.25 bits per heavy atom. The molecule has 0 aromatic heterocycles. The van der Waals surface area contributed by atoms with Crippen LogP contribution < -0.4 is 5.32 Å². The first kappa shape index (κ1) is 16.3. The predicted octanol–water partition coefficient (Wildman–Crippen LogP) is 1.97. The maximum atomic E-state index is 11.6. The number of terminal acetylenes is 1. The van der Waals surface area contributed by atoms with Crippen molar-refractivity contribution in [2.75, 3.05) is 16.8 Å². The summed E-state index contributed by atoms with van der Waals surface area (Å²) in [4.78, 5) is 11.6. The summed E-state index contributed by atoms with van der Waals surface area (Å²) in [6.07, 6.45) is 4.94. The van der Waals surface area contributed by atoms with E-state index < -0.39 is 27.3 Å². The van der Waals surface area contributed by atoms with E-state index in [1.807, 2.05) is 18.1 Å². The molecule has 0 bridgehead atoms. The molecule has 108 valence electrons. The third-order valence-corrected chi connectivity index (χ3v) is 4.00. The molecule has 1 aromatic carbocycles. The lowest BCUT2D eigenvalue weighted by Gasteiger charge is -2.19. The quantitative estimate of drug-likeness (QED) is 0.863. The zero-order chi connectivity index (χ0) is 15.4. The van der Waals surface area contributed by atoms with E-state index in [1.54, 1.807) is 12.1 Å². The van der Waals surface area contributed by atoms with Crippen molar-refractivity contribution in [1.82, 2.24) is 0 Å². The molecule has 0 aliphatic carbocycles. The van der Waals surface area contributed by atoms with Crippen LogP contribution in [0.15, 0.2) is 24.3 Å². The van der Waals surface area contributed by atoms with Crippen LogP contribution in [0.1, 0.15) is 26.3 Å². The normalized spacial score (nSPS) is 11.7. The number of benzene rings is 1. The largest absolute Gasteiger partial charge is 0.325 e. The maximum absolute atomic E-state index is 11.6. The molecule has 0 saturated carbocycles. The van der Waals surface area contributed by atoms with Gasteiger partial charge in [0.05, 0.1) is 0 Å². The average molecular weight is 293 g/mol. The number of anilines is 1. The van der Waals surface area contributed by atoms with E-state index in [1.165, 1.54) is 0 Å². The van der Waals surface area contributed by atoms with Gasteiger partial charge in [0, 0.05) is 5.69 Å². The van der Waals surface area contributed by atoms with Crippen LogP contribution in [0.5, 0.6) is 0 Å². The lowest BCUT2D eigenvalue weighted by molar-refractivity contribution is -0.113. The van der Waals surface area contributed by atoms with Gasteiger partial charge in [0.1, 0.15) is 11.5 Å². The van der Waals surface area contributed by atoms with Crippen molar-refractivity contribution in [3.63, 3.8) is 0 Å². The first-order valence-electron chi connectivity index (χ1n) is 6.18. The molecular weight excluding hydrogens is 274 g/mol. The molecule has 0 saturated heterocycles. The highest BCUT2D eigenvalue weighted by atomic mass is 32.2. The van der Waals surface area contributed by atoms with Gasteiger partial charge < -0.3 is 5.32 Å². The van der Waals surface area contributed by atoms with Gasteiger partial charge in [0.15, 0.2) is 9.84 Å². The number of amides is 1. The third kappa shape index (κ3) is 5.06. The molecule has 0 unspecified atom stereocenters. The molecule has 1 N–H and O–H groups in total. The Kier molecular flexibility index (Phi) is 4.96. The van der Waals surface area contributed by atoms with E-state index in [0.717, 1.165) is 5.56 Å². The molecule has 1 rings (SSSR count). The van der Waals surface area contributed by atoms with Gasteiger partial charge in [-0.3, -0.25) is 4.79 Å². The van der Waals surface area contributed by atoms with Crippen LogP contribution in [-0.4, -0.2) is 25.8 Å². The fraction of sp³-hybridized carbons (Fsp3) is 0.400. The molecule has 1 aromatic rings. The Morgan fingerprint density at radius 2 is 1.80 bits per heavy atom. The fourth-order valence-electron chi connectivity index (χ4n) is 1.63. The minimum Gasteiger partial charge on any atom is -0.325 e. The standard InChI is InChI=1S/C15H19NO3S/c1-5-10-20(18,19)11-14(17)16-13-8-6-12(7-9-13)15(2,3)4/h1,6-9H,10-11H2,2-4H3,(H,16,17). The molecule has 0 aliphatic rings. The van der Waals surface area contributed by atoms with E-state index in [0.29, 0.717) is 5.69 Å². The fourth-order valence-corrected chi connectivity index (χ4v) is 2.46. The molecule has 4 nitrogen and oxygen atoms in total. The van der Waals surface area contributed by atoms with E-state index in [9.17, 15) is 13.2 Å². The van der Waals surface area contributed by atoms with Crippen LogP contribution >= 0.6 is 0 Å². The molecule has 0 radical (unpaired) electrons. The summed E-state index contributed by atoms with van der Waals surface area (Å²) in [5.74, 6) is 0.427. The zero-order valence-corrected chi connectivity index (χ0v) is 12.8. The number of carbonyl (C=O) groups excluding carboxylic acids is 1. The smallest absolute Gasteiger partial charge is 0.239 e. The summed E-state index contributed by atoms with van der Waals surface area (Å²) in [5.41, 5.74) is 1.73. The summed E-state index contributed by atoms with van der Waals surface area (Å²) in [5, 5.41) is 2.55. The molecule has 20 heavy (non-hydrogen) atoms. The van der Waals surface area contributed by atoms with Gasteiger partial charge in [-0.25, -0.2) is 8.42 Å². The van der Waals surface area contributed by atoms with E-state index in [2.05, 4.69) is 26.1 Å². The molecule has 0 aliphatic heterocycles. The van der Waals surface area contributed by atoms with Crippen molar-refractivity contribution in [3.8, 4) is 12.3 Å². The number of carbonyl (C=O) groups is 1. The zero-order valence-electron chi connectivity index (χ0n) is 11.9. The van der Waals surface area contributed by atoms with E-state index in [-0.39, 0.29) is 5.41 Å². The predicted molar refractivity (Wildman–Crippen MR) is 81.3 cm³/mol. The number of nitrogens with one attached hydrogen (secondary N) is 1. The molecule has 1 amide bonds. The van der Waals surface area contributed by atoms with Gasteiger partial charge in [-0.2, -0.15) is 0 Å². The minimum absolute atomic E-state index is 0.0265. The van der Waals surface area contributed by atoms with Gasteiger partial charge in [0.2, 0.25) is 5.91 Å². The lowest BCUT2D eigenvalue weighted by atomic mass is 9.87. The summed E-state index contributed by atoms with van der Waals surface area (Å²) in [6, 6.07) is 7.33.